The lowest BCUT2D eigenvalue weighted by Crippen LogP contribution is -2.36. The van der Waals surface area contributed by atoms with Crippen LogP contribution in [0.1, 0.15) is 76.2 Å². The standard InChI is InChI=1S/C25H33ClN2O4/c1-6-31-22(29)20(23(30)32-7-2)18-9-8-10-19-21(18)28(24(27-19)25(3,4)5)15-16-11-13-17(26)14-12-16/h11-14,18,20H,6-10,15H2,1-5H3. The van der Waals surface area contributed by atoms with Crippen LogP contribution in [0.15, 0.2) is 24.3 Å². The Morgan fingerprint density at radius 3 is 2.25 bits per heavy atom. The minimum atomic E-state index is -0.998. The Morgan fingerprint density at radius 2 is 1.72 bits per heavy atom. The normalized spacial score (nSPS) is 16.0. The molecule has 174 valence electrons. The SMILES string of the molecule is CCOC(=O)C(C(=O)OCC)C1CCCc2nc(C(C)(C)C)n(Cc3ccc(Cl)cc3)c21. The molecule has 0 saturated carbocycles. The van der Waals surface area contributed by atoms with Crippen molar-refractivity contribution in [3.63, 3.8) is 0 Å². The van der Waals surface area contributed by atoms with Gasteiger partial charge in [-0.3, -0.25) is 9.59 Å². The van der Waals surface area contributed by atoms with Crippen molar-refractivity contribution in [2.75, 3.05) is 13.2 Å². The fraction of sp³-hybridized carbons (Fsp3) is 0.560. The van der Waals surface area contributed by atoms with Crippen LogP contribution in [0.4, 0.5) is 0 Å². The molecule has 1 aromatic carbocycles. The first kappa shape index (κ1) is 24.3. The smallest absolute Gasteiger partial charge is 0.321 e. The van der Waals surface area contributed by atoms with E-state index in [1.54, 1.807) is 13.8 Å². The largest absolute Gasteiger partial charge is 0.465 e. The van der Waals surface area contributed by atoms with E-state index in [-0.39, 0.29) is 24.5 Å². The molecule has 0 spiro atoms. The van der Waals surface area contributed by atoms with Crippen molar-refractivity contribution in [1.29, 1.82) is 0 Å². The minimum absolute atomic E-state index is 0.211. The van der Waals surface area contributed by atoms with E-state index in [0.29, 0.717) is 18.0 Å². The van der Waals surface area contributed by atoms with Crippen molar-refractivity contribution in [3.05, 3.63) is 52.1 Å². The van der Waals surface area contributed by atoms with E-state index in [4.69, 9.17) is 26.1 Å². The second-order valence-electron chi connectivity index (χ2n) is 9.21. The predicted octanol–water partition coefficient (Wildman–Crippen LogP) is 5.04. The van der Waals surface area contributed by atoms with Gasteiger partial charge >= 0.3 is 11.9 Å². The van der Waals surface area contributed by atoms with Crippen LogP contribution in [0.5, 0.6) is 0 Å². The highest BCUT2D eigenvalue weighted by Gasteiger charge is 2.43. The fourth-order valence-electron chi connectivity index (χ4n) is 4.46. The zero-order valence-electron chi connectivity index (χ0n) is 19.6. The van der Waals surface area contributed by atoms with Gasteiger partial charge in [0.2, 0.25) is 0 Å². The lowest BCUT2D eigenvalue weighted by Gasteiger charge is -2.30. The topological polar surface area (TPSA) is 70.4 Å². The molecular formula is C25H33ClN2O4. The summed E-state index contributed by atoms with van der Waals surface area (Å²) in [5, 5.41) is 0.681. The average Bonchev–Trinajstić information content (AvgIpc) is 3.10. The molecule has 1 atom stereocenters. The quantitative estimate of drug-likeness (QED) is 0.427. The van der Waals surface area contributed by atoms with Gasteiger partial charge in [-0.05, 0) is 50.8 Å². The Bertz CT molecular complexity index is 942. The van der Waals surface area contributed by atoms with Gasteiger partial charge in [0, 0.05) is 28.6 Å². The van der Waals surface area contributed by atoms with Gasteiger partial charge in [0.05, 0.1) is 18.9 Å². The Kier molecular flexibility index (Phi) is 7.65. The van der Waals surface area contributed by atoms with Gasteiger partial charge in [0.1, 0.15) is 5.82 Å². The van der Waals surface area contributed by atoms with E-state index in [0.717, 1.165) is 35.6 Å². The Morgan fingerprint density at radius 1 is 1.12 bits per heavy atom. The van der Waals surface area contributed by atoms with Crippen LogP contribution in [0.2, 0.25) is 5.02 Å². The number of esters is 2. The van der Waals surface area contributed by atoms with E-state index >= 15 is 0 Å². The molecule has 32 heavy (non-hydrogen) atoms. The molecule has 0 N–H and O–H groups in total. The summed E-state index contributed by atoms with van der Waals surface area (Å²) in [5.41, 5.74) is 2.77. The van der Waals surface area contributed by atoms with E-state index in [2.05, 4.69) is 25.3 Å². The second kappa shape index (κ2) is 10.1. The number of nitrogens with zero attached hydrogens (tertiary/aromatic N) is 2. The first-order valence-electron chi connectivity index (χ1n) is 11.3. The summed E-state index contributed by atoms with van der Waals surface area (Å²) in [6, 6.07) is 7.73. The molecule has 0 radical (unpaired) electrons. The minimum Gasteiger partial charge on any atom is -0.465 e. The van der Waals surface area contributed by atoms with Crippen LogP contribution < -0.4 is 0 Å². The maximum absolute atomic E-state index is 12.9. The molecular weight excluding hydrogens is 428 g/mol. The number of hydrogen-bond acceptors (Lipinski definition) is 5. The summed E-state index contributed by atoms with van der Waals surface area (Å²) in [6.45, 7) is 10.9. The van der Waals surface area contributed by atoms with E-state index in [1.807, 2.05) is 24.3 Å². The van der Waals surface area contributed by atoms with Crippen LogP contribution in [-0.2, 0) is 37.4 Å². The molecule has 0 bridgehead atoms. The molecule has 0 aliphatic heterocycles. The molecule has 1 unspecified atom stereocenters. The van der Waals surface area contributed by atoms with Gasteiger partial charge in [0.25, 0.3) is 0 Å². The summed E-state index contributed by atoms with van der Waals surface area (Å²) in [6.07, 6.45) is 2.38. The molecule has 1 aliphatic carbocycles. The molecule has 0 saturated heterocycles. The molecule has 6 nitrogen and oxygen atoms in total. The number of fused-ring (bicyclic) bond motifs is 1. The maximum Gasteiger partial charge on any atom is 0.321 e. The van der Waals surface area contributed by atoms with E-state index in [1.165, 1.54) is 0 Å². The number of carbonyl (C=O) groups excluding carboxylic acids is 2. The number of ether oxygens (including phenoxy) is 2. The van der Waals surface area contributed by atoms with Crippen molar-refractivity contribution in [1.82, 2.24) is 9.55 Å². The number of aromatic nitrogens is 2. The first-order valence-corrected chi connectivity index (χ1v) is 11.7. The van der Waals surface area contributed by atoms with Crippen LogP contribution >= 0.6 is 11.6 Å². The summed E-state index contributed by atoms with van der Waals surface area (Å²) < 4.78 is 12.8. The highest BCUT2D eigenvalue weighted by Crippen LogP contribution is 2.41. The third kappa shape index (κ3) is 5.17. The Hall–Kier alpha value is -2.34. The van der Waals surface area contributed by atoms with Crippen molar-refractivity contribution in [2.24, 2.45) is 5.92 Å². The number of carbonyl (C=O) groups is 2. The molecule has 1 aromatic heterocycles. The van der Waals surface area contributed by atoms with E-state index < -0.39 is 17.9 Å². The molecule has 7 heteroatoms. The number of rotatable bonds is 7. The van der Waals surface area contributed by atoms with Crippen LogP contribution in [-0.4, -0.2) is 34.7 Å². The highest BCUT2D eigenvalue weighted by atomic mass is 35.5. The van der Waals surface area contributed by atoms with Crippen molar-refractivity contribution in [3.8, 4) is 0 Å². The van der Waals surface area contributed by atoms with Crippen molar-refractivity contribution >= 4 is 23.5 Å². The fourth-order valence-corrected chi connectivity index (χ4v) is 4.58. The molecule has 0 fully saturated rings. The lowest BCUT2D eigenvalue weighted by atomic mass is 9.80. The molecule has 2 aromatic rings. The predicted molar refractivity (Wildman–Crippen MR) is 124 cm³/mol. The summed E-state index contributed by atoms with van der Waals surface area (Å²) in [7, 11) is 0. The Labute approximate surface area is 195 Å². The van der Waals surface area contributed by atoms with E-state index in [9.17, 15) is 9.59 Å². The number of halogens is 1. The van der Waals surface area contributed by atoms with Gasteiger partial charge in [-0.15, -0.1) is 0 Å². The number of imidazole rings is 1. The zero-order chi connectivity index (χ0) is 23.5. The van der Waals surface area contributed by atoms with Crippen LogP contribution in [0.3, 0.4) is 0 Å². The zero-order valence-corrected chi connectivity index (χ0v) is 20.4. The first-order chi connectivity index (χ1) is 15.2. The third-order valence-electron chi connectivity index (χ3n) is 5.77. The summed E-state index contributed by atoms with van der Waals surface area (Å²) >= 11 is 6.08. The van der Waals surface area contributed by atoms with Gasteiger partial charge in [0.15, 0.2) is 5.92 Å². The summed E-state index contributed by atoms with van der Waals surface area (Å²) in [5.74, 6) is -1.45. The maximum atomic E-state index is 12.9. The van der Waals surface area contributed by atoms with Gasteiger partial charge in [-0.2, -0.15) is 0 Å². The monoisotopic (exact) mass is 460 g/mol. The van der Waals surface area contributed by atoms with Gasteiger partial charge < -0.3 is 14.0 Å². The molecule has 3 rings (SSSR count). The highest BCUT2D eigenvalue weighted by molar-refractivity contribution is 6.30. The summed E-state index contributed by atoms with van der Waals surface area (Å²) in [4.78, 5) is 30.8. The van der Waals surface area contributed by atoms with Crippen LogP contribution in [0, 0.1) is 5.92 Å². The average molecular weight is 461 g/mol. The number of hydrogen-bond donors (Lipinski definition) is 0. The van der Waals surface area contributed by atoms with Crippen molar-refractivity contribution in [2.45, 2.75) is 71.8 Å². The second-order valence-corrected chi connectivity index (χ2v) is 9.65. The number of aryl methyl sites for hydroxylation is 1. The third-order valence-corrected chi connectivity index (χ3v) is 6.02. The molecule has 0 amide bonds. The lowest BCUT2D eigenvalue weighted by molar-refractivity contribution is -0.163. The Balaban J connectivity index is 2.14. The molecule has 1 heterocycles. The van der Waals surface area contributed by atoms with Crippen LogP contribution in [0.25, 0.3) is 0 Å². The number of benzene rings is 1. The van der Waals surface area contributed by atoms with Gasteiger partial charge in [-0.1, -0.05) is 44.5 Å². The van der Waals surface area contributed by atoms with Crippen molar-refractivity contribution < 1.29 is 19.1 Å². The van der Waals surface area contributed by atoms with Gasteiger partial charge in [-0.25, -0.2) is 4.98 Å². The molecule has 1 aliphatic rings.